The number of piperidine rings is 1. The van der Waals surface area contributed by atoms with Crippen molar-refractivity contribution >= 4 is 5.91 Å². The van der Waals surface area contributed by atoms with Crippen LogP contribution in [0.3, 0.4) is 0 Å². The second-order valence-corrected chi connectivity index (χ2v) is 7.09. The van der Waals surface area contributed by atoms with Gasteiger partial charge in [-0.15, -0.1) is 0 Å². The Labute approximate surface area is 142 Å². The van der Waals surface area contributed by atoms with Gasteiger partial charge in [0.1, 0.15) is 11.6 Å². The highest BCUT2D eigenvalue weighted by Crippen LogP contribution is 2.48. The molecule has 2 aromatic rings. The van der Waals surface area contributed by atoms with Gasteiger partial charge < -0.3 is 4.90 Å². The predicted molar refractivity (Wildman–Crippen MR) is 91.6 cm³/mol. The molecule has 0 unspecified atom stereocenters. The number of benzene rings is 1. The average molecular weight is 324 g/mol. The van der Waals surface area contributed by atoms with Crippen molar-refractivity contribution in [2.45, 2.75) is 45.1 Å². The summed E-state index contributed by atoms with van der Waals surface area (Å²) in [5, 5.41) is 4.52. The van der Waals surface area contributed by atoms with E-state index in [4.69, 9.17) is 0 Å². The second kappa shape index (κ2) is 6.04. The van der Waals surface area contributed by atoms with Crippen LogP contribution in [0, 0.1) is 19.8 Å². The summed E-state index contributed by atoms with van der Waals surface area (Å²) in [5.74, 6) is 2.66. The molecule has 5 nitrogen and oxygen atoms in total. The zero-order chi connectivity index (χ0) is 16.7. The summed E-state index contributed by atoms with van der Waals surface area (Å²) in [6.07, 6.45) is 3.10. The lowest BCUT2D eigenvalue weighted by Crippen LogP contribution is -2.42. The third-order valence-corrected chi connectivity index (χ3v) is 5.30. The molecule has 2 fully saturated rings. The maximum atomic E-state index is 12.9. The number of amides is 1. The molecule has 24 heavy (non-hydrogen) atoms. The lowest BCUT2D eigenvalue weighted by Gasteiger charge is -2.33. The molecule has 2 heterocycles. The van der Waals surface area contributed by atoms with Crippen LogP contribution in [-0.2, 0) is 4.79 Å². The van der Waals surface area contributed by atoms with Crippen molar-refractivity contribution in [3.05, 3.63) is 47.5 Å². The number of hydrogen-bond donors (Lipinski definition) is 0. The first-order valence-electron chi connectivity index (χ1n) is 8.87. The Morgan fingerprint density at radius 1 is 1.21 bits per heavy atom. The highest BCUT2D eigenvalue weighted by Gasteiger charge is 2.46. The molecule has 1 aliphatic heterocycles. The smallest absolute Gasteiger partial charge is 0.226 e. The summed E-state index contributed by atoms with van der Waals surface area (Å²) in [6, 6.07) is 10.7. The van der Waals surface area contributed by atoms with Crippen LogP contribution in [0.5, 0.6) is 0 Å². The van der Waals surface area contributed by atoms with Crippen molar-refractivity contribution in [2.24, 2.45) is 5.92 Å². The Hall–Kier alpha value is -2.17. The van der Waals surface area contributed by atoms with E-state index in [-0.39, 0.29) is 12.0 Å². The first-order chi connectivity index (χ1) is 11.6. The molecule has 1 saturated heterocycles. The zero-order valence-electron chi connectivity index (χ0n) is 14.4. The summed E-state index contributed by atoms with van der Waals surface area (Å²) in [4.78, 5) is 19.3. The minimum Gasteiger partial charge on any atom is -0.340 e. The van der Waals surface area contributed by atoms with Crippen molar-refractivity contribution in [2.75, 3.05) is 13.1 Å². The molecule has 1 saturated carbocycles. The summed E-state index contributed by atoms with van der Waals surface area (Å²) in [5.41, 5.74) is 1.30. The molecule has 1 amide bonds. The Morgan fingerprint density at radius 3 is 2.71 bits per heavy atom. The first kappa shape index (κ1) is 15.4. The number of nitrogens with zero attached hydrogens (tertiary/aromatic N) is 4. The first-order valence-corrected chi connectivity index (χ1v) is 8.87. The van der Waals surface area contributed by atoms with E-state index >= 15 is 0 Å². The van der Waals surface area contributed by atoms with Crippen molar-refractivity contribution in [3.63, 3.8) is 0 Å². The van der Waals surface area contributed by atoms with Crippen LogP contribution in [0.1, 0.15) is 48.4 Å². The van der Waals surface area contributed by atoms with Gasteiger partial charge >= 0.3 is 0 Å². The van der Waals surface area contributed by atoms with Gasteiger partial charge in [-0.3, -0.25) is 4.79 Å². The number of carbonyl (C=O) groups excluding carboxylic acids is 1. The standard InChI is InChI=1S/C19H24N4O/c1-13-20-14(2)23(21-13)16-9-6-10-22(12-16)19(24)18-11-17(18)15-7-4-3-5-8-15/h3-5,7-8,16-18H,6,9-12H2,1-2H3/t16-,17-,18-/m1/s1. The summed E-state index contributed by atoms with van der Waals surface area (Å²) < 4.78 is 2.01. The molecule has 5 heteroatoms. The molecule has 0 spiro atoms. The van der Waals surface area contributed by atoms with Gasteiger partial charge in [0.2, 0.25) is 5.91 Å². The van der Waals surface area contributed by atoms with Crippen LogP contribution in [-0.4, -0.2) is 38.7 Å². The van der Waals surface area contributed by atoms with E-state index in [1.165, 1.54) is 5.56 Å². The van der Waals surface area contributed by atoms with E-state index in [0.29, 0.717) is 11.8 Å². The Bertz CT molecular complexity index is 739. The molecule has 0 bridgehead atoms. The van der Waals surface area contributed by atoms with Crippen molar-refractivity contribution in [1.29, 1.82) is 0 Å². The fourth-order valence-electron chi connectivity index (χ4n) is 4.01. The van der Waals surface area contributed by atoms with Crippen LogP contribution in [0.25, 0.3) is 0 Å². The number of aromatic nitrogens is 3. The molecule has 1 aliphatic carbocycles. The minimum atomic E-state index is 0.171. The van der Waals surface area contributed by atoms with E-state index in [0.717, 1.165) is 44.0 Å². The van der Waals surface area contributed by atoms with Gasteiger partial charge in [-0.25, -0.2) is 9.67 Å². The quantitative estimate of drug-likeness (QED) is 0.872. The van der Waals surface area contributed by atoms with Crippen molar-refractivity contribution in [3.8, 4) is 0 Å². The monoisotopic (exact) mass is 324 g/mol. The largest absolute Gasteiger partial charge is 0.340 e. The maximum Gasteiger partial charge on any atom is 0.226 e. The normalized spacial score (nSPS) is 26.4. The van der Waals surface area contributed by atoms with E-state index in [1.54, 1.807) is 0 Å². The summed E-state index contributed by atoms with van der Waals surface area (Å²) in [6.45, 7) is 5.55. The lowest BCUT2D eigenvalue weighted by atomic mass is 10.0. The molecule has 126 valence electrons. The van der Waals surface area contributed by atoms with E-state index < -0.39 is 0 Å². The molecule has 1 aromatic heterocycles. The van der Waals surface area contributed by atoms with Crippen LogP contribution >= 0.6 is 0 Å². The van der Waals surface area contributed by atoms with E-state index in [2.05, 4.69) is 39.2 Å². The molecule has 4 rings (SSSR count). The molecular weight excluding hydrogens is 300 g/mol. The minimum absolute atomic E-state index is 0.171. The fraction of sp³-hybridized carbons (Fsp3) is 0.526. The number of rotatable bonds is 3. The molecule has 2 aliphatic rings. The topological polar surface area (TPSA) is 51.0 Å². The summed E-state index contributed by atoms with van der Waals surface area (Å²) in [7, 11) is 0. The Morgan fingerprint density at radius 2 is 2.00 bits per heavy atom. The fourth-order valence-corrected chi connectivity index (χ4v) is 4.01. The van der Waals surface area contributed by atoms with Gasteiger partial charge in [-0.1, -0.05) is 30.3 Å². The number of aryl methyl sites for hydroxylation is 2. The Balaban J connectivity index is 1.43. The zero-order valence-corrected chi connectivity index (χ0v) is 14.4. The van der Waals surface area contributed by atoms with Gasteiger partial charge in [-0.2, -0.15) is 5.10 Å². The van der Waals surface area contributed by atoms with E-state index in [9.17, 15) is 4.79 Å². The maximum absolute atomic E-state index is 12.9. The third-order valence-electron chi connectivity index (χ3n) is 5.30. The molecule has 0 N–H and O–H groups in total. The van der Waals surface area contributed by atoms with Crippen LogP contribution in [0.15, 0.2) is 30.3 Å². The molecule has 1 aromatic carbocycles. The number of hydrogen-bond acceptors (Lipinski definition) is 3. The second-order valence-electron chi connectivity index (χ2n) is 7.09. The van der Waals surface area contributed by atoms with Crippen LogP contribution < -0.4 is 0 Å². The van der Waals surface area contributed by atoms with Gasteiger partial charge in [0.25, 0.3) is 0 Å². The van der Waals surface area contributed by atoms with Crippen molar-refractivity contribution < 1.29 is 4.79 Å². The number of carbonyl (C=O) groups is 1. The SMILES string of the molecule is Cc1nc(C)n([C@@H]2CCCN(C(=O)[C@@H]3C[C@@H]3c3ccccc3)C2)n1. The van der Waals surface area contributed by atoms with Crippen LogP contribution in [0.2, 0.25) is 0 Å². The molecular formula is C19H24N4O. The van der Waals surface area contributed by atoms with Gasteiger partial charge in [0, 0.05) is 19.0 Å². The highest BCUT2D eigenvalue weighted by atomic mass is 16.2. The summed E-state index contributed by atoms with van der Waals surface area (Å²) >= 11 is 0. The lowest BCUT2D eigenvalue weighted by molar-refractivity contribution is -0.134. The molecule has 0 radical (unpaired) electrons. The van der Waals surface area contributed by atoms with Gasteiger partial charge in [-0.05, 0) is 44.6 Å². The Kier molecular flexibility index (Phi) is 3.87. The van der Waals surface area contributed by atoms with E-state index in [1.807, 2.05) is 24.6 Å². The van der Waals surface area contributed by atoms with Gasteiger partial charge in [0.15, 0.2) is 0 Å². The number of likely N-dealkylation sites (tertiary alicyclic amines) is 1. The predicted octanol–water partition coefficient (Wildman–Crippen LogP) is 2.86. The van der Waals surface area contributed by atoms with Crippen LogP contribution in [0.4, 0.5) is 0 Å². The average Bonchev–Trinajstić information content (AvgIpc) is 3.33. The highest BCUT2D eigenvalue weighted by molar-refractivity contribution is 5.83. The molecule has 3 atom stereocenters. The van der Waals surface area contributed by atoms with Crippen molar-refractivity contribution in [1.82, 2.24) is 19.7 Å². The van der Waals surface area contributed by atoms with Gasteiger partial charge in [0.05, 0.1) is 6.04 Å². The third kappa shape index (κ3) is 2.83.